The molecule has 2 aromatic rings. The lowest BCUT2D eigenvalue weighted by Crippen LogP contribution is -2.40. The number of ether oxygens (including phenoxy) is 1. The van der Waals surface area contributed by atoms with Gasteiger partial charge in [-0.15, -0.1) is 0 Å². The molecule has 5 nitrogen and oxygen atoms in total. The fraction of sp³-hybridized carbons (Fsp3) is 0.391. The summed E-state index contributed by atoms with van der Waals surface area (Å²) in [6.07, 6.45) is 6.15. The monoisotopic (exact) mass is 378 g/mol. The molecule has 2 amide bonds. The topological polar surface area (TPSA) is 58.6 Å². The molecule has 5 heteroatoms. The lowest BCUT2D eigenvalue weighted by molar-refractivity contribution is -0.121. The molecule has 0 spiro atoms. The van der Waals surface area contributed by atoms with Gasteiger partial charge in [0.05, 0.1) is 5.69 Å². The predicted octanol–water partition coefficient (Wildman–Crippen LogP) is 4.17. The van der Waals surface area contributed by atoms with Crippen molar-refractivity contribution in [2.24, 2.45) is 5.92 Å². The van der Waals surface area contributed by atoms with Crippen LogP contribution in [0.25, 0.3) is 0 Å². The number of hydrogen-bond acceptors (Lipinski definition) is 3. The number of nitrogens with zero attached hydrogens (tertiary/aromatic N) is 1. The zero-order valence-corrected chi connectivity index (χ0v) is 16.0. The lowest BCUT2D eigenvalue weighted by atomic mass is 9.88. The van der Waals surface area contributed by atoms with Crippen LogP contribution in [0, 0.1) is 5.92 Å². The lowest BCUT2D eigenvalue weighted by Gasteiger charge is -2.30. The van der Waals surface area contributed by atoms with Crippen LogP contribution >= 0.6 is 0 Å². The van der Waals surface area contributed by atoms with Crippen LogP contribution in [-0.2, 0) is 16.0 Å². The molecule has 0 unspecified atom stereocenters. The number of anilines is 2. The highest BCUT2D eigenvalue weighted by molar-refractivity contribution is 5.99. The molecule has 1 fully saturated rings. The highest BCUT2D eigenvalue weighted by Crippen LogP contribution is 2.35. The smallest absolute Gasteiger partial charge is 0.265 e. The molecule has 2 aliphatic rings. The quantitative estimate of drug-likeness (QED) is 0.849. The molecule has 4 rings (SSSR count). The van der Waals surface area contributed by atoms with Crippen LogP contribution in [0.4, 0.5) is 11.4 Å². The summed E-state index contributed by atoms with van der Waals surface area (Å²) in [5.74, 6) is 0.804. The Kier molecular flexibility index (Phi) is 5.60. The van der Waals surface area contributed by atoms with Gasteiger partial charge in [-0.2, -0.15) is 0 Å². The fourth-order valence-corrected chi connectivity index (χ4v) is 4.02. The summed E-state index contributed by atoms with van der Waals surface area (Å²) in [6.45, 7) is 0.634. The molecule has 1 aliphatic heterocycles. The maximum Gasteiger partial charge on any atom is 0.265 e. The molecule has 1 N–H and O–H groups in total. The molecule has 0 bridgehead atoms. The predicted molar refractivity (Wildman–Crippen MR) is 110 cm³/mol. The van der Waals surface area contributed by atoms with Gasteiger partial charge < -0.3 is 15.0 Å². The molecular weight excluding hydrogens is 352 g/mol. The van der Waals surface area contributed by atoms with Gasteiger partial charge in [0.1, 0.15) is 5.75 Å². The summed E-state index contributed by atoms with van der Waals surface area (Å²) < 4.78 is 5.59. The number of nitrogens with one attached hydrogen (secondary N) is 1. The van der Waals surface area contributed by atoms with Gasteiger partial charge in [-0.1, -0.05) is 49.6 Å². The molecule has 28 heavy (non-hydrogen) atoms. The number of fused-ring (bicyclic) bond motifs is 1. The molecule has 0 atom stereocenters. The highest BCUT2D eigenvalue weighted by atomic mass is 16.5. The maximum absolute atomic E-state index is 12.6. The number of hydrogen-bond donors (Lipinski definition) is 1. The molecule has 146 valence electrons. The SMILES string of the molecule is O=C(Nc1ccc2c(c1)N(CCc1ccccc1)C(=O)CO2)C1CCCCC1. The minimum absolute atomic E-state index is 0.0512. The average molecular weight is 378 g/mol. The Morgan fingerprint density at radius 2 is 1.86 bits per heavy atom. The van der Waals surface area contributed by atoms with E-state index in [1.807, 2.05) is 36.4 Å². The molecule has 2 aromatic carbocycles. The van der Waals surface area contributed by atoms with E-state index in [-0.39, 0.29) is 24.3 Å². The first kappa shape index (κ1) is 18.5. The van der Waals surface area contributed by atoms with Crippen LogP contribution in [0.3, 0.4) is 0 Å². The van der Waals surface area contributed by atoms with Crippen LogP contribution in [0.1, 0.15) is 37.7 Å². The van der Waals surface area contributed by atoms with Crippen LogP contribution in [0.2, 0.25) is 0 Å². The summed E-state index contributed by atoms with van der Waals surface area (Å²) in [7, 11) is 0. The van der Waals surface area contributed by atoms with E-state index in [0.717, 1.165) is 43.5 Å². The van der Waals surface area contributed by atoms with Crippen molar-refractivity contribution in [1.29, 1.82) is 0 Å². The minimum Gasteiger partial charge on any atom is -0.482 e. The Labute approximate surface area is 165 Å². The molecule has 1 saturated carbocycles. The van der Waals surface area contributed by atoms with Crippen molar-refractivity contribution < 1.29 is 14.3 Å². The molecular formula is C23H26N2O3. The van der Waals surface area contributed by atoms with Crippen molar-refractivity contribution in [3.8, 4) is 5.75 Å². The Morgan fingerprint density at radius 3 is 2.64 bits per heavy atom. The summed E-state index contributed by atoms with van der Waals surface area (Å²) >= 11 is 0. The third kappa shape index (κ3) is 4.19. The van der Waals surface area contributed by atoms with Crippen molar-refractivity contribution in [2.45, 2.75) is 38.5 Å². The molecule has 1 heterocycles. The van der Waals surface area contributed by atoms with Crippen molar-refractivity contribution in [2.75, 3.05) is 23.4 Å². The van der Waals surface area contributed by atoms with Gasteiger partial charge in [0.15, 0.2) is 6.61 Å². The normalized spacial score (nSPS) is 17.0. The van der Waals surface area contributed by atoms with Crippen LogP contribution in [0.15, 0.2) is 48.5 Å². The van der Waals surface area contributed by atoms with Crippen LogP contribution in [-0.4, -0.2) is 25.0 Å². The van der Waals surface area contributed by atoms with Gasteiger partial charge in [-0.05, 0) is 43.0 Å². The summed E-state index contributed by atoms with van der Waals surface area (Å²) in [5.41, 5.74) is 2.64. The van der Waals surface area contributed by atoms with Crippen LogP contribution < -0.4 is 15.0 Å². The number of amides is 2. The van der Waals surface area contributed by atoms with E-state index >= 15 is 0 Å². The fourth-order valence-electron chi connectivity index (χ4n) is 4.02. The van der Waals surface area contributed by atoms with Gasteiger partial charge in [-0.25, -0.2) is 0 Å². The van der Waals surface area contributed by atoms with E-state index in [2.05, 4.69) is 17.4 Å². The molecule has 0 saturated heterocycles. The van der Waals surface area contributed by atoms with E-state index in [9.17, 15) is 9.59 Å². The van der Waals surface area contributed by atoms with E-state index in [4.69, 9.17) is 4.74 Å². The summed E-state index contributed by atoms with van der Waals surface area (Å²) in [6, 6.07) is 15.7. The number of rotatable bonds is 5. The van der Waals surface area contributed by atoms with Gasteiger partial charge >= 0.3 is 0 Å². The summed E-state index contributed by atoms with van der Waals surface area (Å²) in [5, 5.41) is 3.04. The zero-order chi connectivity index (χ0) is 19.3. The molecule has 0 aromatic heterocycles. The van der Waals surface area contributed by atoms with Crippen molar-refractivity contribution in [1.82, 2.24) is 0 Å². The third-order valence-corrected chi connectivity index (χ3v) is 5.61. The zero-order valence-electron chi connectivity index (χ0n) is 16.0. The number of carbonyl (C=O) groups is 2. The molecule has 1 aliphatic carbocycles. The van der Waals surface area contributed by atoms with Gasteiger partial charge in [0.2, 0.25) is 5.91 Å². The number of benzene rings is 2. The summed E-state index contributed by atoms with van der Waals surface area (Å²) in [4.78, 5) is 26.8. The number of carbonyl (C=O) groups excluding carboxylic acids is 2. The second kappa shape index (κ2) is 8.46. The van der Waals surface area contributed by atoms with Gasteiger partial charge in [0, 0.05) is 18.2 Å². The second-order valence-electron chi connectivity index (χ2n) is 7.58. The van der Waals surface area contributed by atoms with Crippen LogP contribution in [0.5, 0.6) is 5.75 Å². The Hall–Kier alpha value is -2.82. The first-order chi connectivity index (χ1) is 13.7. The Bertz CT molecular complexity index is 844. The maximum atomic E-state index is 12.6. The van der Waals surface area contributed by atoms with Gasteiger partial charge in [-0.3, -0.25) is 9.59 Å². The van der Waals surface area contributed by atoms with E-state index in [0.29, 0.717) is 12.3 Å². The largest absolute Gasteiger partial charge is 0.482 e. The second-order valence-corrected chi connectivity index (χ2v) is 7.58. The Balaban J connectivity index is 1.49. The first-order valence-corrected chi connectivity index (χ1v) is 10.1. The Morgan fingerprint density at radius 1 is 1.07 bits per heavy atom. The van der Waals surface area contributed by atoms with Crippen molar-refractivity contribution in [3.63, 3.8) is 0 Å². The standard InChI is InChI=1S/C23H26N2O3/c26-22-16-28-21-12-11-19(24-23(27)18-9-5-2-6-10-18)15-20(21)25(22)14-13-17-7-3-1-4-8-17/h1,3-4,7-8,11-12,15,18H,2,5-6,9-10,13-14,16H2,(H,24,27). The van der Waals surface area contributed by atoms with E-state index in [1.165, 1.54) is 12.0 Å². The van der Waals surface area contributed by atoms with E-state index in [1.54, 1.807) is 4.90 Å². The van der Waals surface area contributed by atoms with Crippen molar-refractivity contribution >= 4 is 23.2 Å². The van der Waals surface area contributed by atoms with E-state index < -0.39 is 0 Å². The van der Waals surface area contributed by atoms with Gasteiger partial charge in [0.25, 0.3) is 5.91 Å². The molecule has 0 radical (unpaired) electrons. The highest BCUT2D eigenvalue weighted by Gasteiger charge is 2.26. The van der Waals surface area contributed by atoms with Crippen molar-refractivity contribution in [3.05, 3.63) is 54.1 Å². The third-order valence-electron chi connectivity index (χ3n) is 5.61. The first-order valence-electron chi connectivity index (χ1n) is 10.1. The average Bonchev–Trinajstić information content (AvgIpc) is 2.74. The minimum atomic E-state index is -0.0563.